The van der Waals surface area contributed by atoms with Gasteiger partial charge in [0.2, 0.25) is 0 Å². The van der Waals surface area contributed by atoms with E-state index in [1.54, 1.807) is 27.9 Å². The number of hydrogen-bond donors (Lipinski definition) is 0. The molecule has 0 saturated carbocycles. The number of fused-ring (bicyclic) bond motifs is 1. The smallest absolute Gasteiger partial charge is 0.0761 e. The fourth-order valence-electron chi connectivity index (χ4n) is 5.52. The van der Waals surface area contributed by atoms with E-state index in [0.717, 1.165) is 0 Å². The highest BCUT2D eigenvalue weighted by Gasteiger charge is 2.49. The predicted octanol–water partition coefficient (Wildman–Crippen LogP) is 7.27. The van der Waals surface area contributed by atoms with Gasteiger partial charge in [-0.25, -0.2) is 0 Å². The highest BCUT2D eigenvalue weighted by Crippen LogP contribution is 2.56. The van der Waals surface area contributed by atoms with E-state index in [0.29, 0.717) is 11.1 Å². The lowest BCUT2D eigenvalue weighted by molar-refractivity contribution is 0.945. The van der Waals surface area contributed by atoms with Crippen LogP contribution in [0.5, 0.6) is 0 Å². The minimum Gasteiger partial charge on any atom is -0.0761 e. The maximum Gasteiger partial charge on any atom is 0.0768 e. The van der Waals surface area contributed by atoms with Crippen LogP contribution in [-0.2, 0) is 0 Å². The summed E-state index contributed by atoms with van der Waals surface area (Å²) in [6.07, 6.45) is 2.62. The molecule has 0 bridgehead atoms. The lowest BCUT2D eigenvalue weighted by atomic mass is 10.1. The Morgan fingerprint density at radius 2 is 1.38 bits per heavy atom. The molecule has 1 atom stereocenters. The Hall–Kier alpha value is -1.34. The Balaban J connectivity index is 2.19. The molecule has 0 saturated heterocycles. The Morgan fingerprint density at radius 1 is 0.833 bits per heavy atom. The molecule has 0 amide bonds. The van der Waals surface area contributed by atoms with Crippen LogP contribution in [0.4, 0.5) is 0 Å². The van der Waals surface area contributed by atoms with Crippen LogP contribution in [0.3, 0.4) is 0 Å². The monoisotopic (exact) mass is 336 g/mol. The predicted molar refractivity (Wildman–Crippen MR) is 110 cm³/mol. The van der Waals surface area contributed by atoms with Gasteiger partial charge in [-0.1, -0.05) is 67.4 Å². The summed E-state index contributed by atoms with van der Waals surface area (Å²) in [6, 6.07) is 11.9. The Morgan fingerprint density at radius 3 is 1.92 bits per heavy atom. The van der Waals surface area contributed by atoms with E-state index in [2.05, 4.69) is 78.8 Å². The van der Waals surface area contributed by atoms with Crippen molar-refractivity contribution < 1.29 is 0 Å². The van der Waals surface area contributed by atoms with Crippen LogP contribution in [0, 0.1) is 0 Å². The number of rotatable bonds is 4. The zero-order chi connectivity index (χ0) is 17.6. The van der Waals surface area contributed by atoms with Crippen LogP contribution in [0.1, 0.15) is 65.1 Å². The second-order valence-electron chi connectivity index (χ2n) is 7.90. The van der Waals surface area contributed by atoms with E-state index in [4.69, 9.17) is 0 Å². The van der Waals surface area contributed by atoms with Crippen molar-refractivity contribution in [3.8, 4) is 0 Å². The van der Waals surface area contributed by atoms with E-state index in [9.17, 15) is 0 Å². The van der Waals surface area contributed by atoms with Gasteiger partial charge in [0.1, 0.15) is 0 Å². The molecule has 0 radical (unpaired) electrons. The van der Waals surface area contributed by atoms with Gasteiger partial charge in [-0.3, -0.25) is 0 Å². The molecular weight excluding hydrogens is 304 g/mol. The molecule has 0 fully saturated rings. The number of benzene rings is 1. The Bertz CT molecular complexity index is 732. The van der Waals surface area contributed by atoms with Crippen LogP contribution < -0.4 is 0 Å². The van der Waals surface area contributed by atoms with Crippen molar-refractivity contribution in [2.75, 3.05) is 0 Å². The molecule has 2 aliphatic rings. The van der Waals surface area contributed by atoms with E-state index in [-0.39, 0.29) is 0 Å². The highest BCUT2D eigenvalue weighted by atomic mass is 28.3. The third-order valence-electron chi connectivity index (χ3n) is 7.26. The summed E-state index contributed by atoms with van der Waals surface area (Å²) in [5.41, 5.74) is 12.4. The standard InChI is InChI=1S/C23H32Si/c1-8-24(9-2,23-18(6)16(4)17(5)19(23)7)22-14-15(3)20-12-10-11-13-21(20)22/h10-14,22-23H,8-9H2,1-7H3. The largest absolute Gasteiger partial charge is 0.0768 e. The summed E-state index contributed by atoms with van der Waals surface area (Å²) >= 11 is 0. The quantitative estimate of drug-likeness (QED) is 0.507. The second kappa shape index (κ2) is 6.18. The molecular formula is C23H32Si. The van der Waals surface area contributed by atoms with Crippen LogP contribution in [0.15, 0.2) is 52.6 Å². The van der Waals surface area contributed by atoms with E-state index in [1.807, 2.05) is 0 Å². The second-order valence-corrected chi connectivity index (χ2v) is 13.0. The molecule has 0 nitrogen and oxygen atoms in total. The molecule has 0 aromatic heterocycles. The fraction of sp³-hybridized carbons (Fsp3) is 0.478. The lowest BCUT2D eigenvalue weighted by Crippen LogP contribution is -2.45. The van der Waals surface area contributed by atoms with Gasteiger partial charge in [-0.15, -0.1) is 0 Å². The van der Waals surface area contributed by atoms with Gasteiger partial charge in [-0.05, 0) is 73.5 Å². The third kappa shape index (κ3) is 2.24. The lowest BCUT2D eigenvalue weighted by Gasteiger charge is -2.43. The van der Waals surface area contributed by atoms with Gasteiger partial charge in [0, 0.05) is 0 Å². The highest BCUT2D eigenvalue weighted by molar-refractivity contribution is 6.84. The summed E-state index contributed by atoms with van der Waals surface area (Å²) < 4.78 is 0. The van der Waals surface area contributed by atoms with E-state index in [1.165, 1.54) is 23.2 Å². The Labute approximate surface area is 149 Å². The molecule has 1 aromatic rings. The minimum absolute atomic E-state index is 0.664. The summed E-state index contributed by atoms with van der Waals surface area (Å²) in [6.45, 7) is 16.7. The first-order valence-corrected chi connectivity index (χ1v) is 12.1. The van der Waals surface area contributed by atoms with E-state index >= 15 is 0 Å². The average molecular weight is 337 g/mol. The maximum atomic E-state index is 2.62. The molecule has 128 valence electrons. The van der Waals surface area contributed by atoms with Gasteiger partial charge >= 0.3 is 0 Å². The van der Waals surface area contributed by atoms with Crippen molar-refractivity contribution in [3.05, 3.63) is 63.8 Å². The fourth-order valence-corrected chi connectivity index (χ4v) is 11.7. The zero-order valence-corrected chi connectivity index (χ0v) is 17.5. The Kier molecular flexibility index (Phi) is 4.50. The summed E-state index contributed by atoms with van der Waals surface area (Å²) in [4.78, 5) is 0. The molecule has 0 spiro atoms. The van der Waals surface area contributed by atoms with Gasteiger partial charge in [-0.2, -0.15) is 0 Å². The van der Waals surface area contributed by atoms with Gasteiger partial charge in [0.25, 0.3) is 0 Å². The first-order chi connectivity index (χ1) is 11.4. The van der Waals surface area contributed by atoms with Crippen molar-refractivity contribution in [3.63, 3.8) is 0 Å². The zero-order valence-electron chi connectivity index (χ0n) is 16.5. The van der Waals surface area contributed by atoms with Crippen molar-refractivity contribution in [1.82, 2.24) is 0 Å². The van der Waals surface area contributed by atoms with Crippen LogP contribution in [-0.4, -0.2) is 8.07 Å². The van der Waals surface area contributed by atoms with Crippen LogP contribution in [0.25, 0.3) is 5.57 Å². The number of hydrogen-bond acceptors (Lipinski definition) is 0. The van der Waals surface area contributed by atoms with Gasteiger partial charge < -0.3 is 0 Å². The summed E-state index contributed by atoms with van der Waals surface area (Å²) in [5.74, 6) is 0. The topological polar surface area (TPSA) is 0 Å². The summed E-state index contributed by atoms with van der Waals surface area (Å²) in [5, 5.41) is 0. The molecule has 1 unspecified atom stereocenters. The summed E-state index contributed by atoms with van der Waals surface area (Å²) in [7, 11) is -1.57. The molecule has 1 aromatic carbocycles. The molecule has 2 aliphatic carbocycles. The molecule has 0 N–H and O–H groups in total. The van der Waals surface area contributed by atoms with Crippen LogP contribution >= 0.6 is 0 Å². The van der Waals surface area contributed by atoms with Gasteiger partial charge in [0.15, 0.2) is 0 Å². The van der Waals surface area contributed by atoms with Crippen LogP contribution in [0.2, 0.25) is 17.6 Å². The molecule has 3 rings (SSSR count). The first kappa shape index (κ1) is 17.5. The molecule has 0 aliphatic heterocycles. The number of allylic oxidation sites excluding steroid dienone is 6. The normalized spacial score (nSPS) is 21.6. The average Bonchev–Trinajstić information content (AvgIpc) is 3.03. The van der Waals surface area contributed by atoms with Crippen molar-refractivity contribution in [2.45, 2.75) is 71.6 Å². The van der Waals surface area contributed by atoms with Gasteiger partial charge in [0.05, 0.1) is 8.07 Å². The third-order valence-corrected chi connectivity index (χ3v) is 13.6. The molecule has 0 heterocycles. The van der Waals surface area contributed by atoms with Crippen molar-refractivity contribution >= 4 is 13.6 Å². The maximum absolute atomic E-state index is 2.62. The van der Waals surface area contributed by atoms with E-state index < -0.39 is 8.07 Å². The SMILES string of the molecule is CC[Si](CC)(C1C(C)=C(C)C(C)=C1C)C1C=C(C)c2ccccc21. The van der Waals surface area contributed by atoms with Crippen molar-refractivity contribution in [1.29, 1.82) is 0 Å². The molecule has 24 heavy (non-hydrogen) atoms. The minimum atomic E-state index is -1.57. The molecule has 1 heteroatoms. The van der Waals surface area contributed by atoms with Crippen molar-refractivity contribution in [2.24, 2.45) is 0 Å². The first-order valence-electron chi connectivity index (χ1n) is 9.51.